The number of fused-ring (bicyclic) bond motifs is 12. The van der Waals surface area contributed by atoms with Gasteiger partial charge in [0.2, 0.25) is 0 Å². The summed E-state index contributed by atoms with van der Waals surface area (Å²) in [7, 11) is 0. The molecule has 1 spiro atoms. The van der Waals surface area contributed by atoms with Crippen LogP contribution in [-0.4, -0.2) is 0 Å². The van der Waals surface area contributed by atoms with Gasteiger partial charge in [-0.25, -0.2) is 0 Å². The van der Waals surface area contributed by atoms with E-state index >= 15 is 0 Å². The molecule has 0 unspecified atom stereocenters. The summed E-state index contributed by atoms with van der Waals surface area (Å²) in [6, 6.07) is 59.4. The van der Waals surface area contributed by atoms with E-state index in [0.29, 0.717) is 0 Å². The van der Waals surface area contributed by atoms with E-state index in [1.165, 1.54) is 94.2 Å². The van der Waals surface area contributed by atoms with E-state index in [9.17, 15) is 0 Å². The Balaban J connectivity index is 1.20. The Bertz CT molecular complexity index is 2900. The van der Waals surface area contributed by atoms with E-state index in [1.807, 2.05) is 6.07 Å². The van der Waals surface area contributed by atoms with E-state index < -0.39 is 5.41 Å². The monoisotopic (exact) mass is 720 g/mol. The Hall–Kier alpha value is -6.18. The first kappa shape index (κ1) is 33.2. The van der Waals surface area contributed by atoms with Gasteiger partial charge in [0, 0.05) is 10.9 Å². The molecular weight excluding hydrogens is 677 g/mol. The molecular formula is C55H44O. The summed E-state index contributed by atoms with van der Waals surface area (Å²) < 4.78 is 6.52. The normalized spacial score (nSPS) is 14.2. The molecule has 1 heterocycles. The molecule has 2 aliphatic carbocycles. The quantitative estimate of drug-likeness (QED) is 0.173. The van der Waals surface area contributed by atoms with Gasteiger partial charge in [-0.15, -0.1) is 0 Å². The van der Waals surface area contributed by atoms with Gasteiger partial charge in [0.1, 0.15) is 11.5 Å². The molecule has 1 nitrogen and oxygen atoms in total. The SMILES string of the molecule is CC(C)(C)c1ccc2c(c1)C1(c3cc(C(C)(C)C)ccc3-2)c2ccccc2-c2c(-c3ccccc3-c3ccc4c5c(cccc35)-c3ccccc3O4)cccc21. The first-order valence-corrected chi connectivity index (χ1v) is 20.0. The third kappa shape index (κ3) is 4.43. The Morgan fingerprint density at radius 3 is 1.55 bits per heavy atom. The molecule has 11 rings (SSSR count). The number of rotatable bonds is 2. The summed E-state index contributed by atoms with van der Waals surface area (Å²) >= 11 is 0. The van der Waals surface area contributed by atoms with Crippen LogP contribution in [0.25, 0.3) is 66.4 Å². The van der Waals surface area contributed by atoms with Gasteiger partial charge >= 0.3 is 0 Å². The van der Waals surface area contributed by atoms with Crippen LogP contribution < -0.4 is 4.74 Å². The second kappa shape index (κ2) is 11.4. The molecule has 56 heavy (non-hydrogen) atoms. The van der Waals surface area contributed by atoms with E-state index in [-0.39, 0.29) is 10.8 Å². The lowest BCUT2D eigenvalue weighted by atomic mass is 9.68. The van der Waals surface area contributed by atoms with Crippen molar-refractivity contribution in [1.29, 1.82) is 0 Å². The highest BCUT2D eigenvalue weighted by atomic mass is 16.5. The smallest absolute Gasteiger partial charge is 0.135 e. The van der Waals surface area contributed by atoms with E-state index in [4.69, 9.17) is 4.74 Å². The molecule has 270 valence electrons. The average molecular weight is 721 g/mol. The van der Waals surface area contributed by atoms with Gasteiger partial charge < -0.3 is 4.74 Å². The zero-order valence-electron chi connectivity index (χ0n) is 32.9. The fraction of sp³-hybridized carbons (Fsp3) is 0.164. The predicted octanol–water partition coefficient (Wildman–Crippen LogP) is 14.9. The van der Waals surface area contributed by atoms with Crippen LogP contribution in [0.1, 0.15) is 74.9 Å². The number of hydrogen-bond acceptors (Lipinski definition) is 1. The third-order valence-electron chi connectivity index (χ3n) is 12.8. The summed E-state index contributed by atoms with van der Waals surface area (Å²) in [4.78, 5) is 0. The van der Waals surface area contributed by atoms with Crippen LogP contribution in [-0.2, 0) is 16.2 Å². The maximum atomic E-state index is 6.52. The molecule has 0 bridgehead atoms. The Labute approximate surface area is 330 Å². The standard InChI is InChI=1S/C55H44O/c1-53(2,3)33-25-27-38-39-28-26-34(54(4,5)6)32-48(39)55(47(38)31-33)45-22-11-9-18-44(45)51-41(21-14-23-46(51)55)36-16-8-7-15-35(36)37-29-30-50-52-42(37)19-13-20-43(52)40-17-10-12-24-49(40)56-50/h7-32H,1-6H3. The van der Waals surface area contributed by atoms with Gasteiger partial charge in [0.05, 0.1) is 5.41 Å². The van der Waals surface area contributed by atoms with Crippen LogP contribution in [0.5, 0.6) is 11.5 Å². The van der Waals surface area contributed by atoms with E-state index in [2.05, 4.69) is 193 Å². The molecule has 0 saturated heterocycles. The highest BCUT2D eigenvalue weighted by Gasteiger charge is 2.52. The van der Waals surface area contributed by atoms with Gasteiger partial charge in [-0.2, -0.15) is 0 Å². The summed E-state index contributed by atoms with van der Waals surface area (Å²) in [5.74, 6) is 1.82. The van der Waals surface area contributed by atoms with Crippen molar-refractivity contribution in [3.8, 4) is 67.1 Å². The highest BCUT2D eigenvalue weighted by molar-refractivity contribution is 6.12. The van der Waals surface area contributed by atoms with Crippen molar-refractivity contribution in [2.24, 2.45) is 0 Å². The zero-order valence-corrected chi connectivity index (χ0v) is 32.9. The van der Waals surface area contributed by atoms with Gasteiger partial charge in [-0.1, -0.05) is 187 Å². The van der Waals surface area contributed by atoms with Crippen molar-refractivity contribution in [3.05, 3.63) is 191 Å². The van der Waals surface area contributed by atoms with Crippen LogP contribution in [0.3, 0.4) is 0 Å². The van der Waals surface area contributed by atoms with Crippen LogP contribution in [0.4, 0.5) is 0 Å². The fourth-order valence-electron chi connectivity index (χ4n) is 10.2. The number of hydrogen-bond donors (Lipinski definition) is 0. The summed E-state index contributed by atoms with van der Waals surface area (Å²) in [6.07, 6.45) is 0. The van der Waals surface area contributed by atoms with E-state index in [0.717, 1.165) is 17.1 Å². The topological polar surface area (TPSA) is 9.23 Å². The molecule has 1 aliphatic heterocycles. The molecule has 0 saturated carbocycles. The minimum absolute atomic E-state index is 0.00901. The lowest BCUT2D eigenvalue weighted by Crippen LogP contribution is -2.27. The van der Waals surface area contributed by atoms with Crippen LogP contribution >= 0.6 is 0 Å². The van der Waals surface area contributed by atoms with Crippen molar-refractivity contribution in [3.63, 3.8) is 0 Å². The molecule has 1 heteroatoms. The molecule has 8 aromatic carbocycles. The lowest BCUT2D eigenvalue weighted by Gasteiger charge is -2.33. The minimum Gasteiger partial charge on any atom is -0.456 e. The molecule has 3 aliphatic rings. The largest absolute Gasteiger partial charge is 0.456 e. The Morgan fingerprint density at radius 1 is 0.357 bits per heavy atom. The van der Waals surface area contributed by atoms with E-state index in [1.54, 1.807) is 0 Å². The minimum atomic E-state index is -0.449. The molecule has 0 fully saturated rings. The summed E-state index contributed by atoms with van der Waals surface area (Å²) in [6.45, 7) is 14.0. The van der Waals surface area contributed by atoms with Crippen molar-refractivity contribution in [2.45, 2.75) is 57.8 Å². The second-order valence-electron chi connectivity index (χ2n) is 18.0. The maximum absolute atomic E-state index is 6.52. The van der Waals surface area contributed by atoms with Gasteiger partial charge in [-0.05, 0) is 112 Å². The molecule has 0 aromatic heterocycles. The van der Waals surface area contributed by atoms with Gasteiger partial charge in [-0.3, -0.25) is 0 Å². The van der Waals surface area contributed by atoms with Crippen LogP contribution in [0, 0.1) is 0 Å². The van der Waals surface area contributed by atoms with Crippen molar-refractivity contribution < 1.29 is 4.74 Å². The van der Waals surface area contributed by atoms with Gasteiger partial charge in [0.15, 0.2) is 0 Å². The number of benzene rings is 8. The molecule has 0 amide bonds. The first-order valence-electron chi connectivity index (χ1n) is 20.0. The summed E-state index contributed by atoms with van der Waals surface area (Å²) in [5, 5.41) is 2.37. The Morgan fingerprint density at radius 2 is 0.875 bits per heavy atom. The second-order valence-corrected chi connectivity index (χ2v) is 18.0. The fourth-order valence-corrected chi connectivity index (χ4v) is 10.2. The van der Waals surface area contributed by atoms with Crippen LogP contribution in [0.2, 0.25) is 0 Å². The van der Waals surface area contributed by atoms with Gasteiger partial charge in [0.25, 0.3) is 0 Å². The zero-order chi connectivity index (χ0) is 38.1. The lowest BCUT2D eigenvalue weighted by molar-refractivity contribution is 0.487. The first-order chi connectivity index (χ1) is 27.0. The third-order valence-corrected chi connectivity index (χ3v) is 12.8. The average Bonchev–Trinajstić information content (AvgIpc) is 3.67. The molecule has 0 N–H and O–H groups in total. The van der Waals surface area contributed by atoms with Crippen molar-refractivity contribution in [2.75, 3.05) is 0 Å². The molecule has 8 aromatic rings. The molecule has 0 atom stereocenters. The van der Waals surface area contributed by atoms with Crippen LogP contribution in [0.15, 0.2) is 158 Å². The van der Waals surface area contributed by atoms with Crippen molar-refractivity contribution >= 4 is 10.8 Å². The van der Waals surface area contributed by atoms with Crippen molar-refractivity contribution in [1.82, 2.24) is 0 Å². The number of ether oxygens (including phenoxy) is 1. The predicted molar refractivity (Wildman–Crippen MR) is 234 cm³/mol. The molecule has 0 radical (unpaired) electrons. The Kier molecular flexibility index (Phi) is 6.77. The number of para-hydroxylation sites is 1. The summed E-state index contributed by atoms with van der Waals surface area (Å²) in [5.41, 5.74) is 20.4. The maximum Gasteiger partial charge on any atom is 0.135 e. The highest BCUT2D eigenvalue weighted by Crippen LogP contribution is 2.65.